The van der Waals surface area contributed by atoms with Crippen LogP contribution in [0.4, 0.5) is 5.69 Å². The molecule has 1 heterocycles. The Kier molecular flexibility index (Phi) is 4.28. The first-order valence-electron chi connectivity index (χ1n) is 5.73. The molecule has 0 aliphatic heterocycles. The van der Waals surface area contributed by atoms with Crippen LogP contribution in [0.2, 0.25) is 0 Å². The van der Waals surface area contributed by atoms with Crippen LogP contribution in [0.15, 0.2) is 35.1 Å². The molecule has 0 saturated carbocycles. The molecule has 0 radical (unpaired) electrons. The first kappa shape index (κ1) is 13.7. The standard InChI is InChI=1S/C12H13BrN4O2/c1-8(12-14-4-5-15-12)16-7-9-2-3-10(13)11(6-9)17(18)19/h2-6,8,16H,7H2,1H3,(H,14,15). The molecule has 2 rings (SSSR count). The highest BCUT2D eigenvalue weighted by Crippen LogP contribution is 2.25. The second-order valence-electron chi connectivity index (χ2n) is 4.12. The summed E-state index contributed by atoms with van der Waals surface area (Å²) in [7, 11) is 0. The number of hydrogen-bond donors (Lipinski definition) is 2. The van der Waals surface area contributed by atoms with Crippen molar-refractivity contribution in [2.75, 3.05) is 0 Å². The van der Waals surface area contributed by atoms with Gasteiger partial charge in [-0.1, -0.05) is 6.07 Å². The van der Waals surface area contributed by atoms with Crippen molar-refractivity contribution < 1.29 is 4.92 Å². The third-order valence-electron chi connectivity index (χ3n) is 2.75. The monoisotopic (exact) mass is 324 g/mol. The Balaban J connectivity index is 2.04. The summed E-state index contributed by atoms with van der Waals surface area (Å²) in [6.07, 6.45) is 3.45. The number of halogens is 1. The molecular weight excluding hydrogens is 312 g/mol. The Bertz CT molecular complexity index is 571. The predicted octanol–water partition coefficient (Wildman–Crippen LogP) is 2.93. The number of nitro benzene ring substituents is 1. The zero-order chi connectivity index (χ0) is 13.8. The zero-order valence-electron chi connectivity index (χ0n) is 10.3. The number of nitro groups is 1. The summed E-state index contributed by atoms with van der Waals surface area (Å²) in [5.74, 6) is 0.839. The number of nitrogens with one attached hydrogen (secondary N) is 2. The minimum atomic E-state index is -0.399. The van der Waals surface area contributed by atoms with Gasteiger partial charge in [0.15, 0.2) is 0 Å². The van der Waals surface area contributed by atoms with Gasteiger partial charge in [0.1, 0.15) is 5.82 Å². The highest BCUT2D eigenvalue weighted by Gasteiger charge is 2.13. The van der Waals surface area contributed by atoms with Crippen LogP contribution in [-0.4, -0.2) is 14.9 Å². The number of nitrogens with zero attached hydrogens (tertiary/aromatic N) is 2. The summed E-state index contributed by atoms with van der Waals surface area (Å²) in [4.78, 5) is 17.6. The fourth-order valence-electron chi connectivity index (χ4n) is 1.69. The maximum Gasteiger partial charge on any atom is 0.283 e. The second-order valence-corrected chi connectivity index (χ2v) is 4.97. The molecule has 0 aliphatic carbocycles. The summed E-state index contributed by atoms with van der Waals surface area (Å²) in [6.45, 7) is 2.52. The number of aromatic amines is 1. The summed E-state index contributed by atoms with van der Waals surface area (Å²) in [5, 5.41) is 14.1. The summed E-state index contributed by atoms with van der Waals surface area (Å²) >= 11 is 3.17. The Morgan fingerprint density at radius 2 is 2.37 bits per heavy atom. The second kappa shape index (κ2) is 5.94. The Labute approximate surface area is 118 Å². The fraction of sp³-hybridized carbons (Fsp3) is 0.250. The zero-order valence-corrected chi connectivity index (χ0v) is 11.8. The predicted molar refractivity (Wildman–Crippen MR) is 74.6 cm³/mol. The molecule has 0 spiro atoms. The normalized spacial score (nSPS) is 12.3. The molecular formula is C12H13BrN4O2. The van der Waals surface area contributed by atoms with Gasteiger partial charge in [0, 0.05) is 25.0 Å². The van der Waals surface area contributed by atoms with E-state index in [1.54, 1.807) is 24.5 Å². The molecule has 1 aromatic heterocycles. The number of imidazole rings is 1. The number of aromatic nitrogens is 2. The van der Waals surface area contributed by atoms with Crippen LogP contribution in [0.5, 0.6) is 0 Å². The molecule has 0 aliphatic rings. The van der Waals surface area contributed by atoms with E-state index in [9.17, 15) is 10.1 Å². The maximum absolute atomic E-state index is 10.8. The number of rotatable bonds is 5. The van der Waals surface area contributed by atoms with Gasteiger partial charge in [-0.05, 0) is 34.5 Å². The van der Waals surface area contributed by atoms with Crippen molar-refractivity contribution in [3.63, 3.8) is 0 Å². The number of H-pyrrole nitrogens is 1. The molecule has 1 unspecified atom stereocenters. The topological polar surface area (TPSA) is 83.8 Å². The molecule has 0 amide bonds. The van der Waals surface area contributed by atoms with Crippen LogP contribution in [0.25, 0.3) is 0 Å². The van der Waals surface area contributed by atoms with Gasteiger partial charge in [0.05, 0.1) is 15.4 Å². The smallest absolute Gasteiger partial charge is 0.283 e. The lowest BCUT2D eigenvalue weighted by Gasteiger charge is -2.11. The van der Waals surface area contributed by atoms with Crippen molar-refractivity contribution >= 4 is 21.6 Å². The Hall–Kier alpha value is -1.73. The summed E-state index contributed by atoms with van der Waals surface area (Å²) in [6, 6.07) is 5.15. The molecule has 19 heavy (non-hydrogen) atoms. The fourth-order valence-corrected chi connectivity index (χ4v) is 2.08. The van der Waals surface area contributed by atoms with Crippen LogP contribution in [0, 0.1) is 10.1 Å². The highest BCUT2D eigenvalue weighted by molar-refractivity contribution is 9.10. The van der Waals surface area contributed by atoms with Crippen molar-refractivity contribution in [3.8, 4) is 0 Å². The van der Waals surface area contributed by atoms with Crippen molar-refractivity contribution in [1.29, 1.82) is 0 Å². The van der Waals surface area contributed by atoms with Crippen LogP contribution in [0.1, 0.15) is 24.4 Å². The molecule has 0 saturated heterocycles. The van der Waals surface area contributed by atoms with Gasteiger partial charge in [0.25, 0.3) is 5.69 Å². The van der Waals surface area contributed by atoms with Crippen molar-refractivity contribution in [3.05, 3.63) is 56.6 Å². The number of benzene rings is 1. The average molecular weight is 325 g/mol. The molecule has 1 atom stereocenters. The lowest BCUT2D eigenvalue weighted by atomic mass is 10.2. The van der Waals surface area contributed by atoms with Crippen molar-refractivity contribution in [2.24, 2.45) is 0 Å². The average Bonchev–Trinajstić information content (AvgIpc) is 2.91. The van der Waals surface area contributed by atoms with Gasteiger partial charge in [-0.3, -0.25) is 10.1 Å². The van der Waals surface area contributed by atoms with Gasteiger partial charge in [-0.15, -0.1) is 0 Å². The van der Waals surface area contributed by atoms with Crippen LogP contribution in [-0.2, 0) is 6.54 Å². The Morgan fingerprint density at radius 3 is 3.00 bits per heavy atom. The third-order valence-corrected chi connectivity index (χ3v) is 3.42. The van der Waals surface area contributed by atoms with E-state index in [-0.39, 0.29) is 11.7 Å². The van der Waals surface area contributed by atoms with E-state index in [1.807, 2.05) is 13.0 Å². The lowest BCUT2D eigenvalue weighted by molar-refractivity contribution is -0.385. The molecule has 2 aromatic rings. The van der Waals surface area contributed by atoms with Gasteiger partial charge in [-0.25, -0.2) is 4.98 Å². The molecule has 1 aromatic carbocycles. The molecule has 2 N–H and O–H groups in total. The maximum atomic E-state index is 10.8. The largest absolute Gasteiger partial charge is 0.347 e. The van der Waals surface area contributed by atoms with E-state index in [2.05, 4.69) is 31.2 Å². The van der Waals surface area contributed by atoms with Crippen LogP contribution in [0.3, 0.4) is 0 Å². The highest BCUT2D eigenvalue weighted by atomic mass is 79.9. The van der Waals surface area contributed by atoms with E-state index in [0.29, 0.717) is 11.0 Å². The van der Waals surface area contributed by atoms with E-state index in [4.69, 9.17) is 0 Å². The van der Waals surface area contributed by atoms with E-state index < -0.39 is 4.92 Å². The van der Waals surface area contributed by atoms with Gasteiger partial charge >= 0.3 is 0 Å². The molecule has 0 fully saturated rings. The van der Waals surface area contributed by atoms with Crippen LogP contribution >= 0.6 is 15.9 Å². The summed E-state index contributed by atoms with van der Waals surface area (Å²) in [5.41, 5.74) is 0.929. The molecule has 0 bridgehead atoms. The minimum Gasteiger partial charge on any atom is -0.347 e. The molecule has 7 heteroatoms. The molecule has 100 valence electrons. The summed E-state index contributed by atoms with van der Waals surface area (Å²) < 4.78 is 0.486. The van der Waals surface area contributed by atoms with E-state index >= 15 is 0 Å². The minimum absolute atomic E-state index is 0.0534. The number of hydrogen-bond acceptors (Lipinski definition) is 4. The van der Waals surface area contributed by atoms with Gasteiger partial charge in [0.2, 0.25) is 0 Å². The van der Waals surface area contributed by atoms with Crippen molar-refractivity contribution in [2.45, 2.75) is 19.5 Å². The quantitative estimate of drug-likeness (QED) is 0.654. The first-order chi connectivity index (χ1) is 9.08. The van der Waals surface area contributed by atoms with Crippen molar-refractivity contribution in [1.82, 2.24) is 15.3 Å². The SMILES string of the molecule is CC(NCc1ccc(Br)c([N+](=O)[O-])c1)c1ncc[nH]1. The van der Waals surface area contributed by atoms with Gasteiger partial charge in [-0.2, -0.15) is 0 Å². The lowest BCUT2D eigenvalue weighted by Crippen LogP contribution is -2.19. The Morgan fingerprint density at radius 1 is 1.58 bits per heavy atom. The third kappa shape index (κ3) is 3.39. The first-order valence-corrected chi connectivity index (χ1v) is 6.52. The molecule has 6 nitrogen and oxygen atoms in total. The van der Waals surface area contributed by atoms with E-state index in [1.165, 1.54) is 0 Å². The van der Waals surface area contributed by atoms with Crippen LogP contribution < -0.4 is 5.32 Å². The van der Waals surface area contributed by atoms with E-state index in [0.717, 1.165) is 11.4 Å². The van der Waals surface area contributed by atoms with Gasteiger partial charge < -0.3 is 10.3 Å².